The van der Waals surface area contributed by atoms with Crippen molar-refractivity contribution >= 4 is 35.0 Å². The van der Waals surface area contributed by atoms with E-state index in [0.717, 1.165) is 11.8 Å². The van der Waals surface area contributed by atoms with Gasteiger partial charge in [0.1, 0.15) is 40.0 Å². The summed E-state index contributed by atoms with van der Waals surface area (Å²) in [5, 5.41) is 20.4. The first-order chi connectivity index (χ1) is 16.2. The number of ether oxygens (including phenoxy) is 2. The number of thioether (sulfide) groups is 1. The van der Waals surface area contributed by atoms with Crippen molar-refractivity contribution in [2.24, 2.45) is 0 Å². The van der Waals surface area contributed by atoms with Crippen LogP contribution in [0.25, 0.3) is 11.1 Å². The number of methoxy groups -OCH3 is 1. The molecular weight excluding hydrogens is 472 g/mol. The number of nitrogen functional groups attached to an aromatic ring is 1. The van der Waals surface area contributed by atoms with E-state index < -0.39 is 5.60 Å². The Labute approximate surface area is 207 Å². The molecule has 0 aliphatic rings. The Morgan fingerprint density at radius 2 is 1.65 bits per heavy atom. The highest BCUT2D eigenvalue weighted by Crippen LogP contribution is 2.36. The molecule has 2 N–H and O–H groups in total. The standard InChI is InChI=1S/C25H21ClN4O3S/c1-25(2,33-18-10-6-16(26)7-11-18)21(31)14-34-24-20(13-28)22(19(12-27)23(29)30-24)15-4-8-17(32-3)9-5-15/h4-11H,14H2,1-3H3,(H2,29,30). The summed E-state index contributed by atoms with van der Waals surface area (Å²) in [5.41, 5.74) is 6.17. The molecule has 172 valence electrons. The summed E-state index contributed by atoms with van der Waals surface area (Å²) in [6.45, 7) is 3.33. The van der Waals surface area contributed by atoms with E-state index in [1.165, 1.54) is 0 Å². The van der Waals surface area contributed by atoms with E-state index >= 15 is 0 Å². The first kappa shape index (κ1) is 24.9. The molecule has 0 unspecified atom stereocenters. The van der Waals surface area contributed by atoms with E-state index in [1.54, 1.807) is 69.5 Å². The van der Waals surface area contributed by atoms with Crippen LogP contribution < -0.4 is 15.2 Å². The van der Waals surface area contributed by atoms with E-state index in [0.29, 0.717) is 27.6 Å². The molecule has 0 radical (unpaired) electrons. The van der Waals surface area contributed by atoms with Crippen LogP contribution in [-0.2, 0) is 4.79 Å². The number of benzene rings is 2. The van der Waals surface area contributed by atoms with Crippen LogP contribution in [0.2, 0.25) is 5.02 Å². The van der Waals surface area contributed by atoms with Crippen molar-refractivity contribution < 1.29 is 14.3 Å². The number of nitrogens with two attached hydrogens (primary N) is 1. The number of anilines is 1. The van der Waals surface area contributed by atoms with Gasteiger partial charge >= 0.3 is 0 Å². The van der Waals surface area contributed by atoms with Gasteiger partial charge in [-0.25, -0.2) is 4.98 Å². The summed E-state index contributed by atoms with van der Waals surface area (Å²) in [6, 6.07) is 17.8. The number of rotatable bonds is 8. The molecule has 0 atom stereocenters. The first-order valence-corrected chi connectivity index (χ1v) is 11.4. The summed E-state index contributed by atoms with van der Waals surface area (Å²) < 4.78 is 11.0. The predicted molar refractivity (Wildman–Crippen MR) is 132 cm³/mol. The fraction of sp³-hybridized carbons (Fsp3) is 0.200. The van der Waals surface area contributed by atoms with Crippen LogP contribution in [-0.4, -0.2) is 29.2 Å². The van der Waals surface area contributed by atoms with E-state index in [4.69, 9.17) is 26.8 Å². The Bertz CT molecular complexity index is 1290. The summed E-state index contributed by atoms with van der Waals surface area (Å²) in [7, 11) is 1.55. The van der Waals surface area contributed by atoms with Gasteiger partial charge in [0.2, 0.25) is 0 Å². The Balaban J connectivity index is 1.90. The molecule has 34 heavy (non-hydrogen) atoms. The van der Waals surface area contributed by atoms with E-state index in [2.05, 4.69) is 11.1 Å². The average molecular weight is 493 g/mol. The Morgan fingerprint density at radius 3 is 2.21 bits per heavy atom. The lowest BCUT2D eigenvalue weighted by Gasteiger charge is -2.25. The summed E-state index contributed by atoms with van der Waals surface area (Å²) in [6.07, 6.45) is 0. The number of ketones is 1. The zero-order valence-electron chi connectivity index (χ0n) is 18.8. The molecule has 1 aromatic heterocycles. The molecule has 0 aliphatic carbocycles. The monoisotopic (exact) mass is 492 g/mol. The molecule has 0 amide bonds. The molecular formula is C25H21ClN4O3S. The maximum Gasteiger partial charge on any atom is 0.185 e. The van der Waals surface area contributed by atoms with Gasteiger partial charge in [0, 0.05) is 10.6 Å². The van der Waals surface area contributed by atoms with Crippen LogP contribution in [0, 0.1) is 22.7 Å². The highest BCUT2D eigenvalue weighted by Gasteiger charge is 2.30. The fourth-order valence-electron chi connectivity index (χ4n) is 3.11. The smallest absolute Gasteiger partial charge is 0.185 e. The van der Waals surface area contributed by atoms with Gasteiger partial charge in [0.15, 0.2) is 11.4 Å². The minimum Gasteiger partial charge on any atom is -0.497 e. The molecule has 1 heterocycles. The predicted octanol–water partition coefficient (Wildman–Crippen LogP) is 5.25. The molecule has 3 rings (SSSR count). The quantitative estimate of drug-likeness (QED) is 0.423. The van der Waals surface area contributed by atoms with Gasteiger partial charge in [-0.05, 0) is 55.8 Å². The minimum atomic E-state index is -1.13. The molecule has 0 bridgehead atoms. The molecule has 0 aliphatic heterocycles. The van der Waals surface area contributed by atoms with E-state index in [9.17, 15) is 15.3 Å². The number of nitriles is 2. The van der Waals surface area contributed by atoms with Crippen LogP contribution in [0.1, 0.15) is 25.0 Å². The third kappa shape index (κ3) is 5.43. The molecule has 0 spiro atoms. The lowest BCUT2D eigenvalue weighted by Crippen LogP contribution is -2.39. The Hall–Kier alpha value is -3.72. The molecule has 2 aromatic carbocycles. The zero-order valence-corrected chi connectivity index (χ0v) is 20.3. The van der Waals surface area contributed by atoms with E-state index in [1.807, 2.05) is 6.07 Å². The largest absolute Gasteiger partial charge is 0.497 e. The maximum atomic E-state index is 13.0. The van der Waals surface area contributed by atoms with Crippen molar-refractivity contribution in [3.05, 3.63) is 64.7 Å². The molecule has 0 saturated heterocycles. The Morgan fingerprint density at radius 1 is 1.06 bits per heavy atom. The summed E-state index contributed by atoms with van der Waals surface area (Å²) >= 11 is 6.97. The normalized spacial score (nSPS) is 10.8. The highest BCUT2D eigenvalue weighted by molar-refractivity contribution is 8.00. The lowest BCUT2D eigenvalue weighted by atomic mass is 9.97. The lowest BCUT2D eigenvalue weighted by molar-refractivity contribution is -0.129. The number of nitrogens with zero attached hydrogens (tertiary/aromatic N) is 3. The molecule has 0 saturated carbocycles. The topological polar surface area (TPSA) is 122 Å². The van der Waals surface area contributed by atoms with Crippen molar-refractivity contribution in [2.75, 3.05) is 18.6 Å². The third-order valence-corrected chi connectivity index (χ3v) is 6.22. The number of Topliss-reactive ketones (excluding diaryl/α,β-unsaturated/α-hetero) is 1. The second kappa shape index (κ2) is 10.5. The van der Waals surface area contributed by atoms with Crippen molar-refractivity contribution in [1.29, 1.82) is 10.5 Å². The SMILES string of the molecule is COc1ccc(-c2c(C#N)c(N)nc(SCC(=O)C(C)(C)Oc3ccc(Cl)cc3)c2C#N)cc1. The van der Waals surface area contributed by atoms with Crippen molar-refractivity contribution in [1.82, 2.24) is 4.98 Å². The Kier molecular flexibility index (Phi) is 7.68. The zero-order chi connectivity index (χ0) is 24.9. The summed E-state index contributed by atoms with van der Waals surface area (Å²) in [4.78, 5) is 17.2. The average Bonchev–Trinajstić information content (AvgIpc) is 2.83. The van der Waals surface area contributed by atoms with Crippen molar-refractivity contribution in [3.8, 4) is 34.8 Å². The van der Waals surface area contributed by atoms with Crippen molar-refractivity contribution in [2.45, 2.75) is 24.5 Å². The number of hydrogen-bond acceptors (Lipinski definition) is 8. The van der Waals surface area contributed by atoms with Gasteiger partial charge in [0.05, 0.1) is 18.4 Å². The molecule has 9 heteroatoms. The van der Waals surface area contributed by atoms with Crippen LogP contribution in [0.3, 0.4) is 0 Å². The number of pyridine rings is 1. The van der Waals surface area contributed by atoms with Gasteiger partial charge in [-0.15, -0.1) is 0 Å². The van der Waals surface area contributed by atoms with Crippen LogP contribution in [0.5, 0.6) is 11.5 Å². The van der Waals surface area contributed by atoms with Crippen LogP contribution >= 0.6 is 23.4 Å². The number of carbonyl (C=O) groups excluding carboxylic acids is 1. The molecule has 0 fully saturated rings. The van der Waals surface area contributed by atoms with Crippen LogP contribution in [0.4, 0.5) is 5.82 Å². The molecule has 3 aromatic rings. The van der Waals surface area contributed by atoms with Crippen LogP contribution in [0.15, 0.2) is 53.6 Å². The van der Waals surface area contributed by atoms with Crippen molar-refractivity contribution in [3.63, 3.8) is 0 Å². The number of hydrogen-bond donors (Lipinski definition) is 1. The fourth-order valence-corrected chi connectivity index (χ4v) is 4.31. The number of halogens is 1. The molecule has 7 nitrogen and oxygen atoms in total. The first-order valence-electron chi connectivity index (χ1n) is 10.1. The number of carbonyl (C=O) groups is 1. The summed E-state index contributed by atoms with van der Waals surface area (Å²) in [5.74, 6) is 0.889. The second-order valence-corrected chi connectivity index (χ2v) is 9.06. The van der Waals surface area contributed by atoms with Gasteiger partial charge in [0.25, 0.3) is 0 Å². The van der Waals surface area contributed by atoms with E-state index in [-0.39, 0.29) is 33.5 Å². The third-order valence-electron chi connectivity index (χ3n) is 4.99. The van der Waals surface area contributed by atoms with Gasteiger partial charge in [-0.1, -0.05) is 35.5 Å². The second-order valence-electron chi connectivity index (χ2n) is 7.66. The van der Waals surface area contributed by atoms with Gasteiger partial charge < -0.3 is 15.2 Å². The van der Waals surface area contributed by atoms with Gasteiger partial charge in [-0.2, -0.15) is 10.5 Å². The van der Waals surface area contributed by atoms with Gasteiger partial charge in [-0.3, -0.25) is 4.79 Å². The highest BCUT2D eigenvalue weighted by atomic mass is 35.5. The maximum absolute atomic E-state index is 13.0. The minimum absolute atomic E-state index is 0.0149. The number of aromatic nitrogens is 1.